The highest BCUT2D eigenvalue weighted by Gasteiger charge is 2.12. The third-order valence-electron chi connectivity index (χ3n) is 2.76. The molecule has 2 aromatic rings. The van der Waals surface area contributed by atoms with Crippen LogP contribution >= 0.6 is 0 Å². The molecule has 0 unspecified atom stereocenters. The van der Waals surface area contributed by atoms with Crippen molar-refractivity contribution in [2.24, 2.45) is 0 Å². The molecule has 0 fully saturated rings. The van der Waals surface area contributed by atoms with E-state index in [9.17, 15) is 14.0 Å². The van der Waals surface area contributed by atoms with E-state index < -0.39 is 11.7 Å². The molecule has 0 saturated heterocycles. The van der Waals surface area contributed by atoms with Crippen molar-refractivity contribution in [3.8, 4) is 0 Å². The molecule has 21 heavy (non-hydrogen) atoms. The van der Waals surface area contributed by atoms with Gasteiger partial charge < -0.3 is 10.6 Å². The van der Waals surface area contributed by atoms with Crippen LogP contribution in [0.2, 0.25) is 0 Å². The van der Waals surface area contributed by atoms with Gasteiger partial charge in [-0.05, 0) is 11.6 Å². The second-order valence-corrected chi connectivity index (χ2v) is 4.30. The number of carbonyl (C=O) groups excluding carboxylic acids is 2. The zero-order chi connectivity index (χ0) is 15.1. The highest BCUT2D eigenvalue weighted by molar-refractivity contribution is 5.96. The number of hydrogen-bond acceptors (Lipinski definition) is 3. The van der Waals surface area contributed by atoms with E-state index in [0.29, 0.717) is 6.54 Å². The maximum atomic E-state index is 13.3. The highest BCUT2D eigenvalue weighted by atomic mass is 19.1. The topological polar surface area (TPSA) is 71.1 Å². The predicted octanol–water partition coefficient (Wildman–Crippen LogP) is 1.27. The fraction of sp³-hybridized carbons (Fsp3) is 0.133. The predicted molar refractivity (Wildman–Crippen MR) is 74.8 cm³/mol. The molecule has 2 N–H and O–H groups in total. The molecule has 0 bridgehead atoms. The van der Waals surface area contributed by atoms with Crippen molar-refractivity contribution < 1.29 is 14.0 Å². The summed E-state index contributed by atoms with van der Waals surface area (Å²) in [6, 6.07) is 10.6. The Kier molecular flexibility index (Phi) is 4.98. The van der Waals surface area contributed by atoms with Crippen LogP contribution in [0.3, 0.4) is 0 Å². The van der Waals surface area contributed by atoms with Gasteiger partial charge in [0, 0.05) is 12.7 Å². The molecule has 6 heteroatoms. The zero-order valence-electron chi connectivity index (χ0n) is 11.2. The third-order valence-corrected chi connectivity index (χ3v) is 2.76. The summed E-state index contributed by atoms with van der Waals surface area (Å²) in [7, 11) is 0. The molecule has 0 radical (unpaired) electrons. The summed E-state index contributed by atoms with van der Waals surface area (Å²) >= 11 is 0. The lowest BCUT2D eigenvalue weighted by molar-refractivity contribution is -0.120. The average molecular weight is 287 g/mol. The van der Waals surface area contributed by atoms with E-state index in [1.807, 2.05) is 30.3 Å². The summed E-state index contributed by atoms with van der Waals surface area (Å²) < 4.78 is 13.3. The molecule has 5 nitrogen and oxygen atoms in total. The largest absolute Gasteiger partial charge is 0.350 e. The molecule has 0 atom stereocenters. The summed E-state index contributed by atoms with van der Waals surface area (Å²) in [5.74, 6) is -1.72. The molecular weight excluding hydrogens is 273 g/mol. The van der Waals surface area contributed by atoms with Crippen LogP contribution in [-0.2, 0) is 11.3 Å². The van der Waals surface area contributed by atoms with Gasteiger partial charge in [-0.15, -0.1) is 0 Å². The Hall–Kier alpha value is -2.76. The molecule has 1 aromatic heterocycles. The number of benzene rings is 1. The van der Waals surface area contributed by atoms with Gasteiger partial charge in [-0.3, -0.25) is 14.6 Å². The number of halogens is 1. The number of nitrogens with one attached hydrogen (secondary N) is 2. The molecule has 0 spiro atoms. The van der Waals surface area contributed by atoms with E-state index >= 15 is 0 Å². The van der Waals surface area contributed by atoms with Gasteiger partial charge in [-0.2, -0.15) is 0 Å². The lowest BCUT2D eigenvalue weighted by atomic mass is 10.2. The van der Waals surface area contributed by atoms with Gasteiger partial charge in [0.2, 0.25) is 5.91 Å². The SMILES string of the molecule is O=C(CNC(=O)c1ccncc1F)NCc1ccccc1. The third kappa shape index (κ3) is 4.38. The van der Waals surface area contributed by atoms with Crippen molar-refractivity contribution in [1.29, 1.82) is 0 Å². The Morgan fingerprint density at radius 2 is 1.86 bits per heavy atom. The van der Waals surface area contributed by atoms with Gasteiger partial charge in [0.1, 0.15) is 0 Å². The molecule has 0 aliphatic heterocycles. The Bertz CT molecular complexity index is 632. The molecule has 0 aliphatic carbocycles. The lowest BCUT2D eigenvalue weighted by Gasteiger charge is -2.07. The van der Waals surface area contributed by atoms with Crippen LogP contribution in [0.15, 0.2) is 48.8 Å². The van der Waals surface area contributed by atoms with Gasteiger partial charge in [-0.1, -0.05) is 30.3 Å². The van der Waals surface area contributed by atoms with Crippen LogP contribution in [0.25, 0.3) is 0 Å². The number of rotatable bonds is 5. The van der Waals surface area contributed by atoms with Crippen molar-refractivity contribution in [2.45, 2.75) is 6.54 Å². The smallest absolute Gasteiger partial charge is 0.254 e. The summed E-state index contributed by atoms with van der Waals surface area (Å²) in [6.45, 7) is 0.159. The molecule has 1 heterocycles. The summed E-state index contributed by atoms with van der Waals surface area (Å²) in [5, 5.41) is 5.02. The van der Waals surface area contributed by atoms with E-state index in [1.54, 1.807) is 0 Å². The number of amides is 2. The van der Waals surface area contributed by atoms with Gasteiger partial charge >= 0.3 is 0 Å². The van der Waals surface area contributed by atoms with Crippen molar-refractivity contribution in [1.82, 2.24) is 15.6 Å². The fourth-order valence-corrected chi connectivity index (χ4v) is 1.67. The first-order valence-electron chi connectivity index (χ1n) is 6.35. The Balaban J connectivity index is 1.79. The quantitative estimate of drug-likeness (QED) is 0.870. The first-order valence-corrected chi connectivity index (χ1v) is 6.35. The lowest BCUT2D eigenvalue weighted by Crippen LogP contribution is -2.36. The number of hydrogen-bond donors (Lipinski definition) is 2. The van der Waals surface area contributed by atoms with Crippen LogP contribution in [-0.4, -0.2) is 23.3 Å². The molecule has 1 aromatic carbocycles. The van der Waals surface area contributed by atoms with E-state index in [-0.39, 0.29) is 18.0 Å². The molecule has 2 rings (SSSR count). The van der Waals surface area contributed by atoms with Crippen molar-refractivity contribution in [2.75, 3.05) is 6.54 Å². The molecule has 2 amide bonds. The fourth-order valence-electron chi connectivity index (χ4n) is 1.67. The van der Waals surface area contributed by atoms with Crippen LogP contribution in [0.4, 0.5) is 4.39 Å². The van der Waals surface area contributed by atoms with Crippen LogP contribution < -0.4 is 10.6 Å². The van der Waals surface area contributed by atoms with Gasteiger partial charge in [0.25, 0.3) is 5.91 Å². The minimum Gasteiger partial charge on any atom is -0.350 e. The van der Waals surface area contributed by atoms with Crippen molar-refractivity contribution >= 4 is 11.8 Å². The maximum Gasteiger partial charge on any atom is 0.254 e. The van der Waals surface area contributed by atoms with E-state index in [1.165, 1.54) is 12.3 Å². The normalized spacial score (nSPS) is 9.95. The van der Waals surface area contributed by atoms with Gasteiger partial charge in [-0.25, -0.2) is 4.39 Å². The van der Waals surface area contributed by atoms with E-state index in [4.69, 9.17) is 0 Å². The van der Waals surface area contributed by atoms with Crippen LogP contribution in [0.5, 0.6) is 0 Å². The minimum absolute atomic E-state index is 0.138. The molecule has 0 aliphatic rings. The molecule has 108 valence electrons. The van der Waals surface area contributed by atoms with Gasteiger partial charge in [0.15, 0.2) is 5.82 Å². The first kappa shape index (κ1) is 14.6. The number of pyridine rings is 1. The minimum atomic E-state index is -0.723. The Labute approximate surface area is 121 Å². The summed E-state index contributed by atoms with van der Waals surface area (Å²) in [5.41, 5.74) is 0.818. The summed E-state index contributed by atoms with van der Waals surface area (Å²) in [4.78, 5) is 26.8. The average Bonchev–Trinajstić information content (AvgIpc) is 2.52. The monoisotopic (exact) mass is 287 g/mol. The van der Waals surface area contributed by atoms with Crippen LogP contribution in [0, 0.1) is 5.82 Å². The van der Waals surface area contributed by atoms with Crippen molar-refractivity contribution in [3.05, 3.63) is 65.7 Å². The first-order chi connectivity index (χ1) is 10.2. The molecular formula is C15H14FN3O2. The Morgan fingerprint density at radius 1 is 1.10 bits per heavy atom. The second-order valence-electron chi connectivity index (χ2n) is 4.30. The zero-order valence-corrected chi connectivity index (χ0v) is 11.2. The summed E-state index contributed by atoms with van der Waals surface area (Å²) in [6.07, 6.45) is 2.26. The van der Waals surface area contributed by atoms with E-state index in [2.05, 4.69) is 15.6 Å². The van der Waals surface area contributed by atoms with E-state index in [0.717, 1.165) is 11.8 Å². The number of nitrogens with zero attached hydrogens (tertiary/aromatic N) is 1. The van der Waals surface area contributed by atoms with Crippen LogP contribution in [0.1, 0.15) is 15.9 Å². The highest BCUT2D eigenvalue weighted by Crippen LogP contribution is 2.03. The standard InChI is InChI=1S/C15H14FN3O2/c16-13-9-17-7-6-12(13)15(21)19-10-14(20)18-8-11-4-2-1-3-5-11/h1-7,9H,8,10H2,(H,18,20)(H,19,21). The second kappa shape index (κ2) is 7.14. The number of carbonyl (C=O) groups is 2. The van der Waals surface area contributed by atoms with Gasteiger partial charge in [0.05, 0.1) is 18.3 Å². The Morgan fingerprint density at radius 3 is 2.57 bits per heavy atom. The number of aromatic nitrogens is 1. The van der Waals surface area contributed by atoms with Crippen molar-refractivity contribution in [3.63, 3.8) is 0 Å². The maximum absolute atomic E-state index is 13.3. The molecule has 0 saturated carbocycles.